The van der Waals surface area contributed by atoms with E-state index in [4.69, 9.17) is 9.47 Å². The van der Waals surface area contributed by atoms with Crippen LogP contribution >= 0.6 is 0 Å². The maximum absolute atomic E-state index is 12.1. The van der Waals surface area contributed by atoms with E-state index in [9.17, 15) is 9.59 Å². The second-order valence-corrected chi connectivity index (χ2v) is 6.99. The molecule has 0 aromatic carbocycles. The molecule has 26 heavy (non-hydrogen) atoms. The quantitative estimate of drug-likeness (QED) is 0.441. The van der Waals surface area contributed by atoms with E-state index in [1.54, 1.807) is 9.80 Å². The van der Waals surface area contributed by atoms with Crippen LogP contribution in [0.3, 0.4) is 0 Å². The molecule has 0 N–H and O–H groups in total. The molecule has 0 unspecified atom stereocenters. The highest BCUT2D eigenvalue weighted by Crippen LogP contribution is 2.05. The van der Waals surface area contributed by atoms with Crippen LogP contribution in [0.5, 0.6) is 0 Å². The van der Waals surface area contributed by atoms with Crippen LogP contribution in [-0.2, 0) is 19.1 Å². The zero-order chi connectivity index (χ0) is 19.0. The average molecular weight is 371 g/mol. The minimum absolute atomic E-state index is 0.0276. The normalized spacial score (nSPS) is 14.7. The van der Waals surface area contributed by atoms with Crippen LogP contribution in [0.2, 0.25) is 0 Å². The van der Waals surface area contributed by atoms with Crippen molar-refractivity contribution in [3.05, 3.63) is 0 Å². The van der Waals surface area contributed by atoms with Gasteiger partial charge in [0.1, 0.15) is 13.2 Å². The van der Waals surface area contributed by atoms with Crippen molar-refractivity contribution in [2.45, 2.75) is 65.2 Å². The predicted octanol–water partition coefficient (Wildman–Crippen LogP) is 2.85. The molecule has 1 aliphatic heterocycles. The molecule has 1 aliphatic rings. The van der Waals surface area contributed by atoms with Gasteiger partial charge in [-0.05, 0) is 12.8 Å². The lowest BCUT2D eigenvalue weighted by Gasteiger charge is -2.34. The lowest BCUT2D eigenvalue weighted by atomic mass is 10.2. The van der Waals surface area contributed by atoms with Gasteiger partial charge in [0.05, 0.1) is 0 Å². The molecular formula is C20H38N2O4. The van der Waals surface area contributed by atoms with Gasteiger partial charge in [0.15, 0.2) is 0 Å². The largest absolute Gasteiger partial charge is 0.372 e. The van der Waals surface area contributed by atoms with Crippen molar-refractivity contribution in [3.8, 4) is 0 Å². The Bertz CT molecular complexity index is 346. The number of amides is 2. The van der Waals surface area contributed by atoms with Gasteiger partial charge in [-0.25, -0.2) is 0 Å². The summed E-state index contributed by atoms with van der Waals surface area (Å²) in [6, 6.07) is 0. The maximum atomic E-state index is 12.1. The van der Waals surface area contributed by atoms with Crippen molar-refractivity contribution >= 4 is 11.8 Å². The fraction of sp³-hybridized carbons (Fsp3) is 0.900. The fourth-order valence-corrected chi connectivity index (χ4v) is 2.97. The summed E-state index contributed by atoms with van der Waals surface area (Å²) in [7, 11) is 0. The zero-order valence-electron chi connectivity index (χ0n) is 16.8. The molecule has 1 heterocycles. The molecule has 0 aliphatic carbocycles. The number of rotatable bonds is 14. The maximum Gasteiger partial charge on any atom is 0.248 e. The average Bonchev–Trinajstić information content (AvgIpc) is 2.67. The molecular weight excluding hydrogens is 332 g/mol. The Kier molecular flexibility index (Phi) is 13.2. The van der Waals surface area contributed by atoms with Gasteiger partial charge in [-0.3, -0.25) is 9.59 Å². The highest BCUT2D eigenvalue weighted by atomic mass is 16.5. The molecule has 1 rings (SSSR count). The summed E-state index contributed by atoms with van der Waals surface area (Å²) < 4.78 is 10.9. The number of hydrogen-bond acceptors (Lipinski definition) is 4. The number of nitrogens with zero attached hydrogens (tertiary/aromatic N) is 2. The fourth-order valence-electron chi connectivity index (χ4n) is 2.97. The van der Waals surface area contributed by atoms with Gasteiger partial charge in [-0.2, -0.15) is 0 Å². The molecule has 1 fully saturated rings. The second kappa shape index (κ2) is 15.0. The molecule has 152 valence electrons. The van der Waals surface area contributed by atoms with Gasteiger partial charge < -0.3 is 19.3 Å². The number of unbranched alkanes of at least 4 members (excludes halogenated alkanes) is 6. The molecule has 0 bridgehead atoms. The molecule has 6 heteroatoms. The number of carbonyl (C=O) groups excluding carboxylic acids is 2. The van der Waals surface area contributed by atoms with E-state index >= 15 is 0 Å². The number of carbonyl (C=O) groups is 2. The summed E-state index contributed by atoms with van der Waals surface area (Å²) in [4.78, 5) is 27.9. The Balaban J connectivity index is 2.07. The van der Waals surface area contributed by atoms with Crippen LogP contribution in [-0.4, -0.2) is 74.2 Å². The first-order chi connectivity index (χ1) is 12.7. The minimum atomic E-state index is 0.0276. The lowest BCUT2D eigenvalue weighted by Crippen LogP contribution is -2.52. The van der Waals surface area contributed by atoms with E-state index in [1.807, 2.05) is 0 Å². The second-order valence-electron chi connectivity index (χ2n) is 6.99. The Morgan fingerprint density at radius 2 is 1.04 bits per heavy atom. The molecule has 0 aromatic rings. The Labute approximate surface area is 159 Å². The Morgan fingerprint density at radius 1 is 0.654 bits per heavy atom. The molecule has 0 aromatic heterocycles. The SMILES string of the molecule is CCCCCCOCC(=O)N1CCN(C(=O)COCCCCCC)CC1. The molecule has 0 radical (unpaired) electrons. The van der Waals surface area contributed by atoms with Crippen molar-refractivity contribution in [3.63, 3.8) is 0 Å². The molecule has 6 nitrogen and oxygen atoms in total. The number of hydrogen-bond donors (Lipinski definition) is 0. The summed E-state index contributed by atoms with van der Waals surface area (Å²) in [5.74, 6) is 0.0551. The molecule has 1 saturated heterocycles. The Hall–Kier alpha value is -1.14. The van der Waals surface area contributed by atoms with E-state index in [0.29, 0.717) is 39.4 Å². The third-order valence-electron chi connectivity index (χ3n) is 4.72. The molecule has 0 spiro atoms. The van der Waals surface area contributed by atoms with E-state index in [2.05, 4.69) is 13.8 Å². The third-order valence-corrected chi connectivity index (χ3v) is 4.72. The van der Waals surface area contributed by atoms with Crippen LogP contribution in [0.1, 0.15) is 65.2 Å². The van der Waals surface area contributed by atoms with Gasteiger partial charge in [0, 0.05) is 39.4 Å². The first-order valence-electron chi connectivity index (χ1n) is 10.4. The van der Waals surface area contributed by atoms with E-state index < -0.39 is 0 Å². The van der Waals surface area contributed by atoms with Crippen molar-refractivity contribution in [2.75, 3.05) is 52.6 Å². The van der Waals surface area contributed by atoms with Gasteiger partial charge >= 0.3 is 0 Å². The highest BCUT2D eigenvalue weighted by Gasteiger charge is 2.23. The van der Waals surface area contributed by atoms with E-state index in [1.165, 1.54) is 25.7 Å². The van der Waals surface area contributed by atoms with Crippen molar-refractivity contribution in [1.82, 2.24) is 9.80 Å². The molecule has 2 amide bonds. The summed E-state index contributed by atoms with van der Waals surface area (Å²) >= 11 is 0. The third kappa shape index (κ3) is 10.1. The summed E-state index contributed by atoms with van der Waals surface area (Å²) in [5, 5.41) is 0. The van der Waals surface area contributed by atoms with Crippen molar-refractivity contribution in [2.24, 2.45) is 0 Å². The van der Waals surface area contributed by atoms with Gasteiger partial charge in [-0.1, -0.05) is 52.4 Å². The van der Waals surface area contributed by atoms with Crippen LogP contribution in [0.4, 0.5) is 0 Å². The number of ether oxygens (including phenoxy) is 2. The topological polar surface area (TPSA) is 59.1 Å². The first kappa shape index (κ1) is 22.9. The highest BCUT2D eigenvalue weighted by molar-refractivity contribution is 5.79. The summed E-state index contributed by atoms with van der Waals surface area (Å²) in [6.45, 7) is 8.30. The monoisotopic (exact) mass is 370 g/mol. The predicted molar refractivity (Wildman–Crippen MR) is 103 cm³/mol. The van der Waals surface area contributed by atoms with Crippen molar-refractivity contribution in [1.29, 1.82) is 0 Å². The number of piperazine rings is 1. The molecule has 0 atom stereocenters. The zero-order valence-corrected chi connectivity index (χ0v) is 16.8. The van der Waals surface area contributed by atoms with Crippen LogP contribution in [0.25, 0.3) is 0 Å². The van der Waals surface area contributed by atoms with Crippen LogP contribution in [0.15, 0.2) is 0 Å². The van der Waals surface area contributed by atoms with E-state index in [-0.39, 0.29) is 25.0 Å². The Morgan fingerprint density at radius 3 is 1.38 bits per heavy atom. The summed E-state index contributed by atoms with van der Waals surface area (Å²) in [5.41, 5.74) is 0. The minimum Gasteiger partial charge on any atom is -0.372 e. The van der Waals surface area contributed by atoms with Crippen molar-refractivity contribution < 1.29 is 19.1 Å². The standard InChI is InChI=1S/C20H38N2O4/c1-3-5-7-9-15-25-17-19(23)21-11-13-22(14-12-21)20(24)18-26-16-10-8-6-4-2/h3-18H2,1-2H3. The smallest absolute Gasteiger partial charge is 0.248 e. The van der Waals surface area contributed by atoms with Gasteiger partial charge in [0.2, 0.25) is 11.8 Å². The van der Waals surface area contributed by atoms with Gasteiger partial charge in [0.25, 0.3) is 0 Å². The van der Waals surface area contributed by atoms with Crippen LogP contribution in [0, 0.1) is 0 Å². The van der Waals surface area contributed by atoms with E-state index in [0.717, 1.165) is 25.7 Å². The lowest BCUT2D eigenvalue weighted by molar-refractivity contribution is -0.144. The summed E-state index contributed by atoms with van der Waals surface area (Å²) in [6.07, 6.45) is 9.19. The first-order valence-corrected chi connectivity index (χ1v) is 10.4. The van der Waals surface area contributed by atoms with Gasteiger partial charge in [-0.15, -0.1) is 0 Å². The molecule has 0 saturated carbocycles. The van der Waals surface area contributed by atoms with Crippen LogP contribution < -0.4 is 0 Å².